The number of nitrogens with zero attached hydrogens (tertiary/aromatic N) is 1. The summed E-state index contributed by atoms with van der Waals surface area (Å²) in [6, 6.07) is 1.46. The first-order valence-corrected chi connectivity index (χ1v) is 3.12. The van der Waals surface area contributed by atoms with Gasteiger partial charge in [-0.25, -0.2) is 4.98 Å². The van der Waals surface area contributed by atoms with Crippen molar-refractivity contribution in [2.75, 3.05) is 0 Å². The molecule has 4 heteroatoms. The van der Waals surface area contributed by atoms with E-state index in [9.17, 15) is 4.39 Å². The SMILES string of the molecule is NCc1cc(Cl)cnc1F. The zero-order valence-electron chi connectivity index (χ0n) is 5.14. The summed E-state index contributed by atoms with van der Waals surface area (Å²) in [5, 5.41) is 0.404. The second-order valence-corrected chi connectivity index (χ2v) is 2.24. The topological polar surface area (TPSA) is 38.9 Å². The van der Waals surface area contributed by atoms with E-state index < -0.39 is 5.95 Å². The minimum Gasteiger partial charge on any atom is -0.326 e. The Morgan fingerprint density at radius 3 is 2.90 bits per heavy atom. The number of hydrogen-bond donors (Lipinski definition) is 1. The van der Waals surface area contributed by atoms with Crippen LogP contribution in [0.5, 0.6) is 0 Å². The number of hydrogen-bond acceptors (Lipinski definition) is 2. The number of rotatable bonds is 1. The number of halogens is 2. The molecule has 2 nitrogen and oxygen atoms in total. The van der Waals surface area contributed by atoms with E-state index in [0.29, 0.717) is 10.6 Å². The van der Waals surface area contributed by atoms with Crippen molar-refractivity contribution >= 4 is 11.6 Å². The number of pyridine rings is 1. The maximum Gasteiger partial charge on any atom is 0.217 e. The Labute approximate surface area is 62.8 Å². The van der Waals surface area contributed by atoms with Crippen molar-refractivity contribution in [2.24, 2.45) is 5.73 Å². The third-order valence-electron chi connectivity index (χ3n) is 1.10. The molecule has 10 heavy (non-hydrogen) atoms. The lowest BCUT2D eigenvalue weighted by Crippen LogP contribution is -2.00. The van der Waals surface area contributed by atoms with Crippen LogP contribution in [0.3, 0.4) is 0 Å². The number of aromatic nitrogens is 1. The molecule has 1 heterocycles. The quantitative estimate of drug-likeness (QED) is 0.630. The van der Waals surface area contributed by atoms with Crippen LogP contribution in [-0.2, 0) is 6.54 Å². The van der Waals surface area contributed by atoms with Crippen molar-refractivity contribution in [3.63, 3.8) is 0 Å². The fraction of sp³-hybridized carbons (Fsp3) is 0.167. The Kier molecular flexibility index (Phi) is 2.19. The fourth-order valence-corrected chi connectivity index (χ4v) is 0.788. The van der Waals surface area contributed by atoms with E-state index in [4.69, 9.17) is 17.3 Å². The van der Waals surface area contributed by atoms with Crippen LogP contribution in [0.2, 0.25) is 5.02 Å². The van der Waals surface area contributed by atoms with Crippen molar-refractivity contribution in [3.05, 3.63) is 28.8 Å². The van der Waals surface area contributed by atoms with Gasteiger partial charge >= 0.3 is 0 Å². The molecule has 0 saturated heterocycles. The van der Waals surface area contributed by atoms with Crippen LogP contribution in [0.1, 0.15) is 5.56 Å². The first-order chi connectivity index (χ1) is 4.74. The molecule has 1 aromatic heterocycles. The maximum absolute atomic E-state index is 12.5. The summed E-state index contributed by atoms with van der Waals surface area (Å²) in [5.41, 5.74) is 5.52. The average Bonchev–Trinajstić information content (AvgIpc) is 1.94. The van der Waals surface area contributed by atoms with Crippen molar-refractivity contribution in [3.8, 4) is 0 Å². The molecule has 0 saturated carbocycles. The molecular formula is C6H6ClFN2. The van der Waals surface area contributed by atoms with E-state index in [1.54, 1.807) is 0 Å². The Morgan fingerprint density at radius 2 is 2.40 bits per heavy atom. The average molecular weight is 161 g/mol. The third-order valence-corrected chi connectivity index (χ3v) is 1.30. The number of nitrogens with two attached hydrogens (primary N) is 1. The van der Waals surface area contributed by atoms with Gasteiger partial charge in [0.1, 0.15) is 0 Å². The summed E-state index contributed by atoms with van der Waals surface area (Å²) in [7, 11) is 0. The highest BCUT2D eigenvalue weighted by Gasteiger charge is 2.00. The summed E-state index contributed by atoms with van der Waals surface area (Å²) in [5.74, 6) is -0.549. The van der Waals surface area contributed by atoms with Crippen LogP contribution in [0, 0.1) is 5.95 Å². The van der Waals surface area contributed by atoms with Gasteiger partial charge in [0, 0.05) is 18.3 Å². The third kappa shape index (κ3) is 1.43. The van der Waals surface area contributed by atoms with Crippen molar-refractivity contribution in [1.82, 2.24) is 4.98 Å². The maximum atomic E-state index is 12.5. The molecule has 0 radical (unpaired) electrons. The lowest BCUT2D eigenvalue weighted by atomic mass is 10.3. The molecule has 0 amide bonds. The van der Waals surface area contributed by atoms with E-state index >= 15 is 0 Å². The summed E-state index contributed by atoms with van der Waals surface area (Å²) in [4.78, 5) is 3.37. The van der Waals surface area contributed by atoms with E-state index in [-0.39, 0.29) is 6.54 Å². The predicted molar refractivity (Wildman–Crippen MR) is 37.1 cm³/mol. The molecule has 0 aliphatic rings. The summed E-state index contributed by atoms with van der Waals surface area (Å²) in [6.45, 7) is 0.124. The zero-order chi connectivity index (χ0) is 7.56. The highest BCUT2D eigenvalue weighted by molar-refractivity contribution is 6.30. The van der Waals surface area contributed by atoms with Gasteiger partial charge in [-0.15, -0.1) is 0 Å². The molecule has 0 bridgehead atoms. The van der Waals surface area contributed by atoms with E-state index in [2.05, 4.69) is 4.98 Å². The van der Waals surface area contributed by atoms with Crippen LogP contribution in [0.4, 0.5) is 4.39 Å². The summed E-state index contributed by atoms with van der Waals surface area (Å²) < 4.78 is 12.5. The van der Waals surface area contributed by atoms with Crippen LogP contribution in [0.15, 0.2) is 12.3 Å². The molecule has 0 aromatic carbocycles. The Hall–Kier alpha value is -0.670. The summed E-state index contributed by atoms with van der Waals surface area (Å²) >= 11 is 5.51. The van der Waals surface area contributed by atoms with Crippen molar-refractivity contribution in [2.45, 2.75) is 6.54 Å². The largest absolute Gasteiger partial charge is 0.326 e. The van der Waals surface area contributed by atoms with Crippen molar-refractivity contribution < 1.29 is 4.39 Å². The van der Waals surface area contributed by atoms with Gasteiger partial charge in [-0.1, -0.05) is 11.6 Å². The van der Waals surface area contributed by atoms with Crippen LogP contribution >= 0.6 is 11.6 Å². The minimum absolute atomic E-state index is 0.124. The van der Waals surface area contributed by atoms with Crippen molar-refractivity contribution in [1.29, 1.82) is 0 Å². The van der Waals surface area contributed by atoms with Crippen LogP contribution in [-0.4, -0.2) is 4.98 Å². The first kappa shape index (κ1) is 7.44. The van der Waals surface area contributed by atoms with Crippen LogP contribution in [0.25, 0.3) is 0 Å². The lowest BCUT2D eigenvalue weighted by Gasteiger charge is -1.96. The van der Waals surface area contributed by atoms with Gasteiger partial charge in [-0.2, -0.15) is 4.39 Å². The first-order valence-electron chi connectivity index (χ1n) is 2.74. The second kappa shape index (κ2) is 2.94. The van der Waals surface area contributed by atoms with Gasteiger partial charge in [-0.3, -0.25) is 0 Å². The Morgan fingerprint density at radius 1 is 1.70 bits per heavy atom. The predicted octanol–water partition coefficient (Wildman–Crippen LogP) is 1.33. The molecule has 0 aliphatic carbocycles. The standard InChI is InChI=1S/C6H6ClFN2/c7-5-1-4(2-9)6(8)10-3-5/h1,3H,2,9H2. The fourth-order valence-electron chi connectivity index (χ4n) is 0.608. The highest BCUT2D eigenvalue weighted by Crippen LogP contribution is 2.10. The second-order valence-electron chi connectivity index (χ2n) is 1.81. The molecule has 1 rings (SSSR count). The van der Waals surface area contributed by atoms with E-state index in [1.807, 2.05) is 0 Å². The zero-order valence-corrected chi connectivity index (χ0v) is 5.90. The van der Waals surface area contributed by atoms with Gasteiger partial charge in [0.15, 0.2) is 0 Å². The molecule has 1 aromatic rings. The lowest BCUT2D eigenvalue weighted by molar-refractivity contribution is 0.567. The van der Waals surface area contributed by atoms with Gasteiger partial charge in [-0.05, 0) is 6.07 Å². The monoisotopic (exact) mass is 160 g/mol. The molecule has 0 fully saturated rings. The van der Waals surface area contributed by atoms with E-state index in [0.717, 1.165) is 0 Å². The molecule has 54 valence electrons. The molecule has 2 N–H and O–H groups in total. The molecule has 0 unspecified atom stereocenters. The molecular weight excluding hydrogens is 155 g/mol. The molecule has 0 spiro atoms. The molecule has 0 aliphatic heterocycles. The van der Waals surface area contributed by atoms with Gasteiger partial charge in [0.25, 0.3) is 0 Å². The smallest absolute Gasteiger partial charge is 0.217 e. The Bertz CT molecular complexity index is 239. The normalized spacial score (nSPS) is 9.90. The van der Waals surface area contributed by atoms with Crippen LogP contribution < -0.4 is 5.73 Å². The van der Waals surface area contributed by atoms with Gasteiger partial charge in [0.05, 0.1) is 5.02 Å². The van der Waals surface area contributed by atoms with Gasteiger partial charge < -0.3 is 5.73 Å². The summed E-state index contributed by atoms with van der Waals surface area (Å²) in [6.07, 6.45) is 1.25. The highest BCUT2D eigenvalue weighted by atomic mass is 35.5. The molecule has 0 atom stereocenters. The van der Waals surface area contributed by atoms with Gasteiger partial charge in [0.2, 0.25) is 5.95 Å². The Balaban J connectivity index is 3.09. The minimum atomic E-state index is -0.549. The van der Waals surface area contributed by atoms with E-state index in [1.165, 1.54) is 12.3 Å².